The molecule has 1 atom stereocenters. The van der Waals surface area contributed by atoms with Gasteiger partial charge in [0.15, 0.2) is 0 Å². The van der Waals surface area contributed by atoms with Gasteiger partial charge in [-0.05, 0) is 30.0 Å². The summed E-state index contributed by atoms with van der Waals surface area (Å²) in [7, 11) is 1.21. The highest BCUT2D eigenvalue weighted by Gasteiger charge is 2.37. The molecule has 0 aliphatic carbocycles. The predicted molar refractivity (Wildman–Crippen MR) is 98.1 cm³/mol. The Kier molecular flexibility index (Phi) is 5.46. The average Bonchev–Trinajstić information content (AvgIpc) is 3.27. The minimum Gasteiger partial charge on any atom is -0.465 e. The van der Waals surface area contributed by atoms with Crippen LogP contribution >= 0.6 is 11.3 Å². The van der Waals surface area contributed by atoms with Crippen molar-refractivity contribution in [3.05, 3.63) is 50.9 Å². The molecule has 0 radical (unpaired) electrons. The summed E-state index contributed by atoms with van der Waals surface area (Å²) in [6, 6.07) is 2.69. The summed E-state index contributed by atoms with van der Waals surface area (Å²) < 4.78 is 43.2. The van der Waals surface area contributed by atoms with Crippen molar-refractivity contribution < 1.29 is 32.4 Å². The van der Waals surface area contributed by atoms with Gasteiger partial charge in [0.1, 0.15) is 16.7 Å². The van der Waals surface area contributed by atoms with E-state index < -0.39 is 40.3 Å². The summed E-state index contributed by atoms with van der Waals surface area (Å²) in [6.07, 6.45) is -4.48. The molecule has 1 unspecified atom stereocenters. The molecular weight excluding hydrogens is 415 g/mol. The summed E-state index contributed by atoms with van der Waals surface area (Å²) in [5, 5.41) is 15.9. The number of hydrogen-bond acceptors (Lipinski definition) is 7. The van der Waals surface area contributed by atoms with E-state index in [1.165, 1.54) is 18.1 Å². The number of esters is 1. The number of nitrogens with zero attached hydrogens (tertiary/aromatic N) is 2. The zero-order valence-electron chi connectivity index (χ0n) is 14.9. The van der Waals surface area contributed by atoms with Gasteiger partial charge in [0.2, 0.25) is 5.91 Å². The van der Waals surface area contributed by atoms with E-state index in [0.717, 1.165) is 17.4 Å². The number of alkyl halides is 3. The van der Waals surface area contributed by atoms with Gasteiger partial charge in [-0.2, -0.15) is 13.2 Å². The number of ether oxygens (including phenoxy) is 1. The molecule has 1 fully saturated rings. The number of rotatable bonds is 5. The Labute approximate surface area is 166 Å². The number of nitrogens with one attached hydrogen (secondary N) is 1. The number of thiophene rings is 1. The van der Waals surface area contributed by atoms with E-state index in [2.05, 4.69) is 10.1 Å². The monoisotopic (exact) mass is 429 g/mol. The van der Waals surface area contributed by atoms with Crippen molar-refractivity contribution >= 4 is 39.6 Å². The first-order valence-electron chi connectivity index (χ1n) is 8.23. The standard InChI is InChI=1S/C17H14F3N3O5S/c1-28-16(25)10-5-7-29-15(10)22-6-4-12(14(22)24)21-11-3-2-9(17(18,19)20)8-13(11)23(26)27/h2-3,5,7-8,12,21H,4,6H2,1H3. The molecule has 0 bridgehead atoms. The molecular formula is C17H14F3N3O5S. The fourth-order valence-electron chi connectivity index (χ4n) is 2.96. The second-order valence-corrected chi connectivity index (χ2v) is 6.99. The lowest BCUT2D eigenvalue weighted by Gasteiger charge is -2.17. The number of benzene rings is 1. The maximum atomic E-state index is 12.8. The Bertz CT molecular complexity index is 975. The van der Waals surface area contributed by atoms with Crippen LogP contribution in [0.15, 0.2) is 29.6 Å². The van der Waals surface area contributed by atoms with Crippen molar-refractivity contribution in [1.82, 2.24) is 0 Å². The minimum atomic E-state index is -4.73. The molecule has 1 aromatic carbocycles. The molecule has 1 N–H and O–H groups in total. The van der Waals surface area contributed by atoms with Crippen LogP contribution in [0.4, 0.5) is 29.5 Å². The fraction of sp³-hybridized carbons (Fsp3) is 0.294. The van der Waals surface area contributed by atoms with Gasteiger partial charge in [0, 0.05) is 12.6 Å². The maximum absolute atomic E-state index is 12.8. The Morgan fingerprint density at radius 2 is 2.10 bits per heavy atom. The quantitative estimate of drug-likeness (QED) is 0.442. The number of carbonyl (C=O) groups is 2. The van der Waals surface area contributed by atoms with Crippen LogP contribution in [0.1, 0.15) is 22.3 Å². The van der Waals surface area contributed by atoms with E-state index in [9.17, 15) is 32.9 Å². The summed E-state index contributed by atoms with van der Waals surface area (Å²) >= 11 is 1.16. The van der Waals surface area contributed by atoms with Crippen LogP contribution in [0.5, 0.6) is 0 Å². The number of anilines is 2. The van der Waals surface area contributed by atoms with Crippen LogP contribution < -0.4 is 10.2 Å². The van der Waals surface area contributed by atoms with Gasteiger partial charge in [-0.1, -0.05) is 0 Å². The molecule has 1 aromatic heterocycles. The second kappa shape index (κ2) is 7.70. The molecule has 0 spiro atoms. The number of nitro groups is 1. The van der Waals surface area contributed by atoms with Crippen molar-refractivity contribution in [3.63, 3.8) is 0 Å². The maximum Gasteiger partial charge on any atom is 0.416 e. The van der Waals surface area contributed by atoms with Crippen molar-refractivity contribution in [1.29, 1.82) is 0 Å². The van der Waals surface area contributed by atoms with Crippen molar-refractivity contribution in [2.24, 2.45) is 0 Å². The third kappa shape index (κ3) is 4.01. The van der Waals surface area contributed by atoms with E-state index in [1.807, 2.05) is 0 Å². The second-order valence-electron chi connectivity index (χ2n) is 6.09. The molecule has 12 heteroatoms. The number of halogens is 3. The number of hydrogen-bond donors (Lipinski definition) is 1. The molecule has 2 aromatic rings. The van der Waals surface area contributed by atoms with Crippen molar-refractivity contribution in [2.45, 2.75) is 18.6 Å². The summed E-state index contributed by atoms with van der Waals surface area (Å²) in [6.45, 7) is 0.232. The van der Waals surface area contributed by atoms with Gasteiger partial charge in [-0.3, -0.25) is 14.9 Å². The van der Waals surface area contributed by atoms with E-state index >= 15 is 0 Å². The fourth-order valence-corrected chi connectivity index (χ4v) is 3.88. The Morgan fingerprint density at radius 1 is 1.38 bits per heavy atom. The highest BCUT2D eigenvalue weighted by molar-refractivity contribution is 7.14. The van der Waals surface area contributed by atoms with E-state index in [0.29, 0.717) is 17.1 Å². The third-order valence-corrected chi connectivity index (χ3v) is 5.29. The first-order valence-corrected chi connectivity index (χ1v) is 9.10. The number of amides is 1. The summed E-state index contributed by atoms with van der Waals surface area (Å²) in [5.74, 6) is -1.06. The minimum absolute atomic E-state index is 0.192. The SMILES string of the molecule is COC(=O)c1ccsc1N1CCC(Nc2ccc(C(F)(F)F)cc2[N+](=O)[O-])C1=O. The molecule has 1 aliphatic rings. The molecule has 2 heterocycles. The van der Waals surface area contributed by atoms with Crippen LogP contribution in [0.3, 0.4) is 0 Å². The van der Waals surface area contributed by atoms with Crippen LogP contribution in [0.2, 0.25) is 0 Å². The van der Waals surface area contributed by atoms with Gasteiger partial charge in [0.05, 0.1) is 23.2 Å². The first-order chi connectivity index (χ1) is 13.6. The lowest BCUT2D eigenvalue weighted by molar-refractivity contribution is -0.384. The predicted octanol–water partition coefficient (Wildman–Crippen LogP) is 3.68. The van der Waals surface area contributed by atoms with Crippen LogP contribution in [0.25, 0.3) is 0 Å². The molecule has 8 nitrogen and oxygen atoms in total. The van der Waals surface area contributed by atoms with Crippen LogP contribution in [0, 0.1) is 10.1 Å². The Morgan fingerprint density at radius 3 is 2.72 bits per heavy atom. The summed E-state index contributed by atoms with van der Waals surface area (Å²) in [4.78, 5) is 36.2. The normalized spacial score (nSPS) is 16.8. The molecule has 0 saturated carbocycles. The van der Waals surface area contributed by atoms with Crippen molar-refractivity contribution in [3.8, 4) is 0 Å². The molecule has 29 heavy (non-hydrogen) atoms. The highest BCUT2D eigenvalue weighted by Crippen LogP contribution is 2.37. The van der Waals surface area contributed by atoms with Gasteiger partial charge in [0.25, 0.3) is 5.69 Å². The lowest BCUT2D eigenvalue weighted by Crippen LogP contribution is -2.33. The largest absolute Gasteiger partial charge is 0.465 e. The molecule has 1 amide bonds. The first kappa shape index (κ1) is 20.6. The smallest absolute Gasteiger partial charge is 0.416 e. The molecule has 3 rings (SSSR count). The zero-order chi connectivity index (χ0) is 21.3. The third-order valence-electron chi connectivity index (χ3n) is 4.35. The zero-order valence-corrected chi connectivity index (χ0v) is 15.7. The summed E-state index contributed by atoms with van der Waals surface area (Å²) in [5.41, 5.74) is -1.91. The number of carbonyl (C=O) groups excluding carboxylic acids is 2. The Balaban J connectivity index is 1.84. The Hall–Kier alpha value is -3.15. The van der Waals surface area contributed by atoms with Crippen molar-refractivity contribution in [2.75, 3.05) is 23.9 Å². The van der Waals surface area contributed by atoms with Gasteiger partial charge in [-0.15, -0.1) is 11.3 Å². The number of nitro benzene ring substituents is 1. The van der Waals surface area contributed by atoms with E-state index in [1.54, 1.807) is 5.38 Å². The van der Waals surface area contributed by atoms with Gasteiger partial charge in [-0.25, -0.2) is 4.79 Å². The van der Waals surface area contributed by atoms with Gasteiger partial charge >= 0.3 is 12.1 Å². The topological polar surface area (TPSA) is 102 Å². The average molecular weight is 429 g/mol. The van der Waals surface area contributed by atoms with Crippen LogP contribution in [-0.2, 0) is 15.7 Å². The molecule has 1 aliphatic heterocycles. The lowest BCUT2D eigenvalue weighted by atomic mass is 10.1. The molecule has 154 valence electrons. The van der Waals surface area contributed by atoms with E-state index in [-0.39, 0.29) is 24.2 Å². The highest BCUT2D eigenvalue weighted by atomic mass is 32.1. The molecule has 1 saturated heterocycles. The van der Waals surface area contributed by atoms with Crippen LogP contribution in [-0.4, -0.2) is 36.5 Å². The van der Waals surface area contributed by atoms with Gasteiger partial charge < -0.3 is 15.0 Å². The number of methoxy groups -OCH3 is 1. The van der Waals surface area contributed by atoms with E-state index in [4.69, 9.17) is 0 Å².